The first-order valence-corrected chi connectivity index (χ1v) is 14.9. The van der Waals surface area contributed by atoms with Crippen LogP contribution < -0.4 is 14.4 Å². The van der Waals surface area contributed by atoms with Gasteiger partial charge in [0.05, 0.1) is 27.5 Å². The van der Waals surface area contributed by atoms with E-state index < -0.39 is 25.0 Å². The van der Waals surface area contributed by atoms with Gasteiger partial charge < -0.3 is 9.64 Å². The minimum Gasteiger partial charge on any atom is -0.495 e. The Hall–Kier alpha value is -3.59. The van der Waals surface area contributed by atoms with Crippen molar-refractivity contribution in [3.63, 3.8) is 0 Å². The van der Waals surface area contributed by atoms with Gasteiger partial charge in [0.1, 0.15) is 11.6 Å². The van der Waals surface area contributed by atoms with Crippen LogP contribution >= 0.6 is 0 Å². The summed E-state index contributed by atoms with van der Waals surface area (Å²) in [4.78, 5) is 12.1. The number of nitro benzene ring substituents is 1. The summed E-state index contributed by atoms with van der Waals surface area (Å²) < 4.78 is 74.4. The summed E-state index contributed by atoms with van der Waals surface area (Å²) in [7, 11) is -6.38. The van der Waals surface area contributed by atoms with Crippen LogP contribution in [-0.2, 0) is 26.5 Å². The van der Waals surface area contributed by atoms with Crippen molar-refractivity contribution in [1.29, 1.82) is 0 Å². The van der Waals surface area contributed by atoms with E-state index >= 15 is 0 Å². The van der Waals surface area contributed by atoms with Crippen LogP contribution in [0.1, 0.15) is 5.56 Å². The highest BCUT2D eigenvalue weighted by Crippen LogP contribution is 2.32. The first-order chi connectivity index (χ1) is 18.5. The molecule has 1 heterocycles. The van der Waals surface area contributed by atoms with Crippen molar-refractivity contribution in [1.82, 2.24) is 9.03 Å². The minimum atomic E-state index is -3.96. The second-order valence-corrected chi connectivity index (χ2v) is 12.5. The molecule has 3 aromatic carbocycles. The Kier molecular flexibility index (Phi) is 8.49. The zero-order chi connectivity index (χ0) is 28.2. The Bertz CT molecular complexity index is 1560. The predicted octanol–water partition coefficient (Wildman–Crippen LogP) is 2.77. The number of methoxy groups -OCH3 is 1. The van der Waals surface area contributed by atoms with Gasteiger partial charge in [-0.05, 0) is 48.4 Å². The summed E-state index contributed by atoms with van der Waals surface area (Å²) >= 11 is 0. The summed E-state index contributed by atoms with van der Waals surface area (Å²) in [5, 5.41) is 11.1. The molecule has 0 radical (unpaired) electrons. The van der Waals surface area contributed by atoms with E-state index in [1.807, 2.05) is 4.90 Å². The minimum absolute atomic E-state index is 0.0176. The van der Waals surface area contributed by atoms with Crippen LogP contribution in [-0.4, -0.2) is 65.9 Å². The number of nitrogens with zero attached hydrogens (tertiary/aromatic N) is 3. The highest BCUT2D eigenvalue weighted by atomic mass is 32.2. The molecule has 0 spiro atoms. The van der Waals surface area contributed by atoms with Gasteiger partial charge in [-0.1, -0.05) is 18.2 Å². The molecular formula is C25H27FN4O7S2. The topological polar surface area (TPSA) is 139 Å². The van der Waals surface area contributed by atoms with Crippen LogP contribution in [0.4, 0.5) is 15.8 Å². The second kappa shape index (κ2) is 11.7. The number of sulfonamides is 2. The average molecular weight is 579 g/mol. The lowest BCUT2D eigenvalue weighted by Crippen LogP contribution is -2.48. The van der Waals surface area contributed by atoms with Gasteiger partial charge >= 0.3 is 0 Å². The summed E-state index contributed by atoms with van der Waals surface area (Å²) in [5.41, 5.74) is 0.961. The van der Waals surface area contributed by atoms with E-state index in [4.69, 9.17) is 4.74 Å². The maximum atomic E-state index is 13.1. The predicted molar refractivity (Wildman–Crippen MR) is 142 cm³/mol. The van der Waals surface area contributed by atoms with Crippen LogP contribution in [0, 0.1) is 15.9 Å². The fourth-order valence-corrected chi connectivity index (χ4v) is 6.74. The SMILES string of the molecule is COc1ccc(S(=O)(=O)NCCc2ccc(F)cc2)cc1N1CCN(S(=O)(=O)c2cccc([N+](=O)[O-])c2)CC1. The van der Waals surface area contributed by atoms with E-state index in [0.29, 0.717) is 17.9 Å². The molecule has 0 amide bonds. The molecule has 1 fully saturated rings. The van der Waals surface area contributed by atoms with Crippen molar-refractivity contribution in [2.75, 3.05) is 44.7 Å². The number of hydrogen-bond donors (Lipinski definition) is 1. The van der Waals surface area contributed by atoms with E-state index in [1.54, 1.807) is 12.1 Å². The fraction of sp³-hybridized carbons (Fsp3) is 0.280. The summed E-state index contributed by atoms with van der Waals surface area (Å²) in [5.74, 6) is 0.0582. The van der Waals surface area contributed by atoms with E-state index in [9.17, 15) is 31.3 Å². The molecule has 3 aromatic rings. The number of hydrogen-bond acceptors (Lipinski definition) is 8. The molecule has 11 nitrogen and oxygen atoms in total. The molecule has 0 unspecified atom stereocenters. The number of anilines is 1. The molecule has 0 saturated carbocycles. The number of nitro groups is 1. The van der Waals surface area contributed by atoms with E-state index in [1.165, 1.54) is 59.9 Å². The molecule has 1 aliphatic rings. The summed E-state index contributed by atoms with van der Waals surface area (Å²) in [6.45, 7) is 0.768. The normalized spacial score (nSPS) is 14.8. The molecule has 1 aliphatic heterocycles. The van der Waals surface area contributed by atoms with Crippen molar-refractivity contribution >= 4 is 31.4 Å². The molecule has 0 aromatic heterocycles. The highest BCUT2D eigenvalue weighted by Gasteiger charge is 2.31. The van der Waals surface area contributed by atoms with Crippen LogP contribution in [0.2, 0.25) is 0 Å². The zero-order valence-corrected chi connectivity index (χ0v) is 22.6. The Morgan fingerprint density at radius 2 is 1.64 bits per heavy atom. The Balaban J connectivity index is 1.46. The lowest BCUT2D eigenvalue weighted by Gasteiger charge is -2.36. The van der Waals surface area contributed by atoms with Crippen molar-refractivity contribution < 1.29 is 30.9 Å². The van der Waals surface area contributed by atoms with Crippen molar-refractivity contribution in [2.24, 2.45) is 0 Å². The zero-order valence-electron chi connectivity index (χ0n) is 21.0. The molecule has 1 saturated heterocycles. The third kappa shape index (κ3) is 6.53. The molecule has 14 heteroatoms. The van der Waals surface area contributed by atoms with Crippen LogP contribution in [0.5, 0.6) is 5.75 Å². The summed E-state index contributed by atoms with van der Waals surface area (Å²) in [6, 6.07) is 15.1. The van der Waals surface area contributed by atoms with Gasteiger partial charge in [-0.2, -0.15) is 4.31 Å². The Morgan fingerprint density at radius 1 is 0.949 bits per heavy atom. The van der Waals surface area contributed by atoms with Gasteiger partial charge in [0, 0.05) is 44.9 Å². The van der Waals surface area contributed by atoms with Crippen LogP contribution in [0.3, 0.4) is 0 Å². The van der Waals surface area contributed by atoms with Crippen molar-refractivity contribution in [3.05, 3.63) is 88.2 Å². The molecule has 4 rings (SSSR count). The quantitative estimate of drug-likeness (QED) is 0.286. The van der Waals surface area contributed by atoms with Gasteiger partial charge in [0.2, 0.25) is 20.0 Å². The Labute approximate surface area is 226 Å². The number of rotatable bonds is 10. The average Bonchev–Trinajstić information content (AvgIpc) is 2.93. The number of non-ortho nitro benzene ring substituents is 1. The van der Waals surface area contributed by atoms with E-state index in [2.05, 4.69) is 4.72 Å². The van der Waals surface area contributed by atoms with Crippen LogP contribution in [0.25, 0.3) is 0 Å². The van der Waals surface area contributed by atoms with Gasteiger partial charge in [0.15, 0.2) is 0 Å². The third-order valence-electron chi connectivity index (χ3n) is 6.33. The van der Waals surface area contributed by atoms with Gasteiger partial charge in [-0.25, -0.2) is 25.9 Å². The van der Waals surface area contributed by atoms with E-state index in [-0.39, 0.29) is 54.0 Å². The molecule has 0 atom stereocenters. The molecule has 1 N–H and O–H groups in total. The molecular weight excluding hydrogens is 551 g/mol. The second-order valence-electron chi connectivity index (χ2n) is 8.75. The fourth-order valence-electron chi connectivity index (χ4n) is 4.22. The van der Waals surface area contributed by atoms with Crippen molar-refractivity contribution in [3.8, 4) is 5.75 Å². The maximum Gasteiger partial charge on any atom is 0.270 e. The first-order valence-electron chi connectivity index (χ1n) is 11.9. The lowest BCUT2D eigenvalue weighted by molar-refractivity contribution is -0.385. The van der Waals surface area contributed by atoms with Crippen molar-refractivity contribution in [2.45, 2.75) is 16.2 Å². The Morgan fingerprint density at radius 3 is 2.28 bits per heavy atom. The van der Waals surface area contributed by atoms with Crippen LogP contribution in [0.15, 0.2) is 76.5 Å². The number of ether oxygens (including phenoxy) is 1. The van der Waals surface area contributed by atoms with Gasteiger partial charge in [-0.3, -0.25) is 10.1 Å². The monoisotopic (exact) mass is 578 g/mol. The standard InChI is InChI=1S/C25H27FN4O7S2/c1-37-25-10-9-22(38(33,34)27-12-11-19-5-7-20(26)8-6-19)18-24(25)28-13-15-29(16-14-28)39(35,36)23-4-2-3-21(17-23)30(31)32/h2-10,17-18,27H,11-16H2,1H3. The molecule has 208 valence electrons. The maximum absolute atomic E-state index is 13.1. The number of benzene rings is 3. The number of nitrogens with one attached hydrogen (secondary N) is 1. The lowest BCUT2D eigenvalue weighted by atomic mass is 10.1. The smallest absolute Gasteiger partial charge is 0.270 e. The number of piperazine rings is 1. The van der Waals surface area contributed by atoms with E-state index in [0.717, 1.165) is 11.6 Å². The van der Waals surface area contributed by atoms with Gasteiger partial charge in [0.25, 0.3) is 5.69 Å². The molecule has 0 aliphatic carbocycles. The molecule has 0 bridgehead atoms. The largest absolute Gasteiger partial charge is 0.495 e. The highest BCUT2D eigenvalue weighted by molar-refractivity contribution is 7.89. The third-order valence-corrected chi connectivity index (χ3v) is 9.68. The molecule has 39 heavy (non-hydrogen) atoms. The summed E-state index contributed by atoms with van der Waals surface area (Å²) in [6.07, 6.45) is 0.378. The number of halogens is 1. The first kappa shape index (κ1) is 28.4. The van der Waals surface area contributed by atoms with Gasteiger partial charge in [-0.15, -0.1) is 0 Å².